The summed E-state index contributed by atoms with van der Waals surface area (Å²) in [5.41, 5.74) is 5.12. The molecule has 0 bridgehead atoms. The molecule has 54 heavy (non-hydrogen) atoms. The van der Waals surface area contributed by atoms with E-state index in [0.717, 1.165) is 118 Å². The summed E-state index contributed by atoms with van der Waals surface area (Å²) < 4.78 is 23.3. The standard InChI is InChI=1S/C47H61N3O4/c1-2-3-4-5-6-11-18-41-38-49-47(50-39-41)44-25-29-46(30-26-44)54-36-15-10-8-13-32-52-34-17-16-33-51-31-12-7-9-14-35-53-45-27-23-43(24-28-45)42-21-19-40(37-48)20-22-42/h16-17,19-30,38-39H,2-15,18,31-36H2,1H3/b17-16-. The molecule has 3 aromatic carbocycles. The van der Waals surface area contributed by atoms with Crippen LogP contribution in [0.4, 0.5) is 0 Å². The number of hydrogen-bond donors (Lipinski definition) is 0. The van der Waals surface area contributed by atoms with E-state index in [2.05, 4.69) is 35.1 Å². The molecule has 0 fully saturated rings. The van der Waals surface area contributed by atoms with Crippen molar-refractivity contribution in [3.05, 3.63) is 108 Å². The third-order valence-electron chi connectivity index (χ3n) is 9.34. The van der Waals surface area contributed by atoms with E-state index in [0.29, 0.717) is 18.8 Å². The Labute approximate surface area is 324 Å². The Morgan fingerprint density at radius 3 is 1.48 bits per heavy atom. The molecule has 7 nitrogen and oxygen atoms in total. The first-order chi connectivity index (χ1) is 26.7. The molecule has 0 unspecified atom stereocenters. The summed E-state index contributed by atoms with van der Waals surface area (Å²) in [6.07, 6.45) is 25.6. The van der Waals surface area contributed by atoms with Crippen molar-refractivity contribution in [2.45, 2.75) is 103 Å². The molecular weight excluding hydrogens is 671 g/mol. The van der Waals surface area contributed by atoms with E-state index in [4.69, 9.17) is 24.2 Å². The summed E-state index contributed by atoms with van der Waals surface area (Å²) in [5, 5.41) is 8.96. The second-order valence-corrected chi connectivity index (χ2v) is 13.8. The van der Waals surface area contributed by atoms with Crippen molar-refractivity contribution in [3.63, 3.8) is 0 Å². The van der Waals surface area contributed by atoms with Crippen LogP contribution in [0.15, 0.2) is 97.3 Å². The molecule has 1 heterocycles. The summed E-state index contributed by atoms with van der Waals surface area (Å²) >= 11 is 0. The topological polar surface area (TPSA) is 86.5 Å². The molecule has 4 aromatic rings. The fraction of sp³-hybridized carbons (Fsp3) is 0.468. The molecule has 0 radical (unpaired) electrons. The Kier molecular flexibility index (Phi) is 21.2. The second kappa shape index (κ2) is 27.1. The van der Waals surface area contributed by atoms with E-state index in [1.807, 2.05) is 85.2 Å². The quantitative estimate of drug-likeness (QED) is 0.0406. The van der Waals surface area contributed by atoms with Crippen LogP contribution in [0.1, 0.15) is 108 Å². The molecule has 0 aliphatic carbocycles. The van der Waals surface area contributed by atoms with E-state index in [1.54, 1.807) is 0 Å². The lowest BCUT2D eigenvalue weighted by molar-refractivity contribution is 0.148. The van der Waals surface area contributed by atoms with Gasteiger partial charge in [-0.3, -0.25) is 0 Å². The highest BCUT2D eigenvalue weighted by atomic mass is 16.5. The van der Waals surface area contributed by atoms with Crippen LogP contribution >= 0.6 is 0 Å². The fourth-order valence-electron chi connectivity index (χ4n) is 6.06. The minimum atomic E-state index is 0.633. The zero-order valence-corrected chi connectivity index (χ0v) is 32.6. The number of hydrogen-bond acceptors (Lipinski definition) is 7. The summed E-state index contributed by atoms with van der Waals surface area (Å²) in [6, 6.07) is 26.0. The van der Waals surface area contributed by atoms with E-state index in [-0.39, 0.29) is 0 Å². The smallest absolute Gasteiger partial charge is 0.159 e. The molecule has 0 saturated heterocycles. The van der Waals surface area contributed by atoms with Crippen LogP contribution in [0.25, 0.3) is 22.5 Å². The van der Waals surface area contributed by atoms with Gasteiger partial charge >= 0.3 is 0 Å². The normalized spacial score (nSPS) is 11.2. The van der Waals surface area contributed by atoms with Gasteiger partial charge in [0.1, 0.15) is 11.5 Å². The van der Waals surface area contributed by atoms with Crippen molar-refractivity contribution in [2.75, 3.05) is 39.6 Å². The minimum absolute atomic E-state index is 0.633. The predicted molar refractivity (Wildman–Crippen MR) is 220 cm³/mol. The van der Waals surface area contributed by atoms with Gasteiger partial charge in [0.2, 0.25) is 0 Å². The number of rotatable bonds is 29. The molecule has 0 saturated carbocycles. The fourth-order valence-corrected chi connectivity index (χ4v) is 6.06. The van der Waals surface area contributed by atoms with Gasteiger partial charge in [-0.05, 0) is 117 Å². The summed E-state index contributed by atoms with van der Waals surface area (Å²) in [4.78, 5) is 9.20. The predicted octanol–water partition coefficient (Wildman–Crippen LogP) is 11.8. The van der Waals surface area contributed by atoms with Gasteiger partial charge in [0.25, 0.3) is 0 Å². The zero-order valence-electron chi connectivity index (χ0n) is 32.6. The van der Waals surface area contributed by atoms with Gasteiger partial charge in [-0.2, -0.15) is 5.26 Å². The van der Waals surface area contributed by atoms with Crippen LogP contribution in [0.3, 0.4) is 0 Å². The van der Waals surface area contributed by atoms with Crippen molar-refractivity contribution in [3.8, 4) is 40.1 Å². The monoisotopic (exact) mass is 731 g/mol. The SMILES string of the molecule is CCCCCCCCc1cnc(-c2ccc(OCCCCCCOC/C=C\COCCCCCCOc3ccc(-c4ccc(C#N)cc4)cc3)cc2)nc1. The molecule has 0 amide bonds. The van der Waals surface area contributed by atoms with E-state index >= 15 is 0 Å². The van der Waals surface area contributed by atoms with E-state index in [9.17, 15) is 0 Å². The molecule has 0 aliphatic rings. The van der Waals surface area contributed by atoms with Crippen molar-refractivity contribution in [1.29, 1.82) is 5.26 Å². The molecule has 1 aromatic heterocycles. The molecule has 0 aliphatic heterocycles. The van der Waals surface area contributed by atoms with Gasteiger partial charge in [0.15, 0.2) is 5.82 Å². The highest BCUT2D eigenvalue weighted by molar-refractivity contribution is 5.65. The van der Waals surface area contributed by atoms with Crippen molar-refractivity contribution < 1.29 is 18.9 Å². The van der Waals surface area contributed by atoms with Crippen molar-refractivity contribution in [2.24, 2.45) is 0 Å². The first kappa shape index (κ1) is 42.2. The Bertz CT molecular complexity index is 1600. The van der Waals surface area contributed by atoms with Crippen LogP contribution in [0.2, 0.25) is 0 Å². The molecular formula is C47H61N3O4. The van der Waals surface area contributed by atoms with E-state index in [1.165, 1.54) is 44.1 Å². The minimum Gasteiger partial charge on any atom is -0.494 e. The average molecular weight is 732 g/mol. The Morgan fingerprint density at radius 1 is 0.519 bits per heavy atom. The summed E-state index contributed by atoms with van der Waals surface area (Å²) in [5.74, 6) is 2.54. The highest BCUT2D eigenvalue weighted by Crippen LogP contribution is 2.23. The average Bonchev–Trinajstić information content (AvgIpc) is 3.22. The largest absolute Gasteiger partial charge is 0.494 e. The lowest BCUT2D eigenvalue weighted by Gasteiger charge is -2.08. The van der Waals surface area contributed by atoms with Crippen LogP contribution in [0, 0.1) is 11.3 Å². The lowest BCUT2D eigenvalue weighted by Crippen LogP contribution is -1.99. The van der Waals surface area contributed by atoms with Crippen LogP contribution in [0.5, 0.6) is 11.5 Å². The molecule has 288 valence electrons. The number of nitrogens with zero attached hydrogens (tertiary/aromatic N) is 3. The van der Waals surface area contributed by atoms with Gasteiger partial charge < -0.3 is 18.9 Å². The number of aromatic nitrogens is 2. The lowest BCUT2D eigenvalue weighted by atomic mass is 10.0. The molecule has 0 atom stereocenters. The summed E-state index contributed by atoms with van der Waals surface area (Å²) in [7, 11) is 0. The Balaban J connectivity index is 0.892. The maximum atomic E-state index is 8.96. The molecule has 7 heteroatoms. The van der Waals surface area contributed by atoms with Crippen LogP contribution in [-0.4, -0.2) is 49.6 Å². The molecule has 0 spiro atoms. The number of unbranched alkanes of at least 4 members (excludes halogenated alkanes) is 11. The van der Waals surface area contributed by atoms with Gasteiger partial charge in [-0.25, -0.2) is 9.97 Å². The third-order valence-corrected chi connectivity index (χ3v) is 9.34. The van der Waals surface area contributed by atoms with Gasteiger partial charge in [-0.1, -0.05) is 88.3 Å². The maximum absolute atomic E-state index is 8.96. The van der Waals surface area contributed by atoms with Gasteiger partial charge in [0, 0.05) is 31.2 Å². The summed E-state index contributed by atoms with van der Waals surface area (Å²) in [6.45, 7) is 6.52. The first-order valence-corrected chi connectivity index (χ1v) is 20.3. The number of aryl methyl sites for hydroxylation is 1. The molecule has 0 N–H and O–H groups in total. The Hall–Kier alpha value is -4.51. The second-order valence-electron chi connectivity index (χ2n) is 13.8. The van der Waals surface area contributed by atoms with Gasteiger partial charge in [0.05, 0.1) is 38.1 Å². The number of nitriles is 1. The van der Waals surface area contributed by atoms with Gasteiger partial charge in [-0.15, -0.1) is 0 Å². The first-order valence-electron chi connectivity index (χ1n) is 20.3. The third kappa shape index (κ3) is 17.5. The van der Waals surface area contributed by atoms with Crippen molar-refractivity contribution >= 4 is 0 Å². The maximum Gasteiger partial charge on any atom is 0.159 e. The molecule has 4 rings (SSSR count). The zero-order chi connectivity index (χ0) is 37.7. The van der Waals surface area contributed by atoms with Crippen LogP contribution in [-0.2, 0) is 15.9 Å². The number of ether oxygens (including phenoxy) is 4. The number of benzene rings is 3. The van der Waals surface area contributed by atoms with Crippen LogP contribution < -0.4 is 9.47 Å². The van der Waals surface area contributed by atoms with Crippen molar-refractivity contribution in [1.82, 2.24) is 9.97 Å². The Morgan fingerprint density at radius 2 is 0.963 bits per heavy atom. The highest BCUT2D eigenvalue weighted by Gasteiger charge is 2.04. The van der Waals surface area contributed by atoms with E-state index < -0.39 is 0 Å².